The number of methoxy groups -OCH3 is 1. The molecular weight excluding hydrogens is 392 g/mol. The maximum Gasteiger partial charge on any atom is 0.129 e. The van der Waals surface area contributed by atoms with E-state index in [1.54, 1.807) is 7.11 Å². The number of nitriles is 2. The standard InChI is InChI=1S/C29H24N2O/c1-32-16-7-6-11(13-4-2-3-5-14(13)16)8-15-18-22-24-19(15)25-23(18)27-21-17(12(9-30)10-31)20(26(22)27)28(24)29(21)25/h2-7,15,18-29H,8H2,1H3. The second-order valence-corrected chi connectivity index (χ2v) is 11.7. The SMILES string of the molecule is COc1ccc(CC2C3C4C5C6C(=C(C#N)C#N)C7C5C3C3C2C4C6C73)c2ccccc12. The average molecular weight is 417 g/mol. The van der Waals surface area contributed by atoms with Crippen molar-refractivity contribution in [2.24, 2.45) is 76.9 Å². The van der Waals surface area contributed by atoms with Gasteiger partial charge in [-0.05, 0) is 106 Å². The molecule has 0 saturated heterocycles. The Bertz CT molecular complexity index is 1290. The molecule has 10 rings (SSSR count). The molecule has 8 unspecified atom stereocenters. The zero-order valence-electron chi connectivity index (χ0n) is 18.0. The smallest absolute Gasteiger partial charge is 0.129 e. The third kappa shape index (κ3) is 1.41. The normalized spacial score (nSPS) is 50.3. The fourth-order valence-electron chi connectivity index (χ4n) is 12.2. The minimum atomic E-state index is 0.498. The molecule has 4 bridgehead atoms. The second kappa shape index (κ2) is 5.07. The number of rotatable bonds is 3. The molecule has 8 aliphatic rings. The molecule has 0 spiro atoms. The topological polar surface area (TPSA) is 56.8 Å². The maximum absolute atomic E-state index is 9.64. The van der Waals surface area contributed by atoms with E-state index in [1.165, 1.54) is 28.3 Å². The molecular formula is C29H24N2O. The molecule has 2 aromatic rings. The van der Waals surface area contributed by atoms with E-state index in [4.69, 9.17) is 4.74 Å². The number of ether oxygens (including phenoxy) is 1. The number of allylic oxidation sites excluding steroid dienone is 2. The van der Waals surface area contributed by atoms with Crippen molar-refractivity contribution in [2.75, 3.05) is 7.11 Å². The van der Waals surface area contributed by atoms with E-state index >= 15 is 0 Å². The van der Waals surface area contributed by atoms with Crippen LogP contribution in [-0.2, 0) is 6.42 Å². The summed E-state index contributed by atoms with van der Waals surface area (Å²) < 4.78 is 5.65. The predicted molar refractivity (Wildman–Crippen MR) is 118 cm³/mol. The number of hydrogen-bond acceptors (Lipinski definition) is 3. The van der Waals surface area contributed by atoms with Crippen LogP contribution in [0.25, 0.3) is 10.8 Å². The van der Waals surface area contributed by atoms with Gasteiger partial charge >= 0.3 is 0 Å². The lowest BCUT2D eigenvalue weighted by Crippen LogP contribution is -2.21. The summed E-state index contributed by atoms with van der Waals surface area (Å²) in [6, 6.07) is 17.8. The van der Waals surface area contributed by atoms with Gasteiger partial charge in [-0.2, -0.15) is 10.5 Å². The highest BCUT2D eigenvalue weighted by Gasteiger charge is 2.91. The van der Waals surface area contributed by atoms with Gasteiger partial charge in [-0.3, -0.25) is 0 Å². The van der Waals surface area contributed by atoms with Gasteiger partial charge in [0.05, 0.1) is 7.11 Å². The van der Waals surface area contributed by atoms with Gasteiger partial charge in [-0.1, -0.05) is 30.3 Å². The lowest BCUT2D eigenvalue weighted by atomic mass is 9.80. The molecule has 0 heterocycles. The molecule has 2 aromatic carbocycles. The van der Waals surface area contributed by atoms with Crippen LogP contribution in [-0.4, -0.2) is 7.11 Å². The van der Waals surface area contributed by atoms with Crippen molar-refractivity contribution in [2.45, 2.75) is 6.42 Å². The Morgan fingerprint density at radius 1 is 0.750 bits per heavy atom. The quantitative estimate of drug-likeness (QED) is 0.673. The molecule has 8 atom stereocenters. The molecule has 0 aliphatic heterocycles. The third-order valence-electron chi connectivity index (χ3n) is 11.9. The minimum absolute atomic E-state index is 0.498. The molecule has 156 valence electrons. The summed E-state index contributed by atoms with van der Waals surface area (Å²) in [6.45, 7) is 0. The van der Waals surface area contributed by atoms with Gasteiger partial charge in [0, 0.05) is 5.39 Å². The van der Waals surface area contributed by atoms with Gasteiger partial charge in [0.25, 0.3) is 0 Å². The number of hydrogen-bond donors (Lipinski definition) is 0. The highest BCUT2D eigenvalue weighted by atomic mass is 16.5. The van der Waals surface area contributed by atoms with Gasteiger partial charge in [-0.15, -0.1) is 0 Å². The Morgan fingerprint density at radius 2 is 1.31 bits per heavy atom. The molecule has 8 aliphatic carbocycles. The summed E-state index contributed by atoms with van der Waals surface area (Å²) >= 11 is 0. The summed E-state index contributed by atoms with van der Waals surface area (Å²) in [5.41, 5.74) is 3.35. The average Bonchev–Trinajstić information content (AvgIpc) is 3.61. The van der Waals surface area contributed by atoms with Crippen LogP contribution in [0.1, 0.15) is 5.56 Å². The summed E-state index contributed by atoms with van der Waals surface area (Å²) in [5, 5.41) is 21.9. The summed E-state index contributed by atoms with van der Waals surface area (Å²) in [6.07, 6.45) is 1.22. The molecule has 0 N–H and O–H groups in total. The minimum Gasteiger partial charge on any atom is -0.496 e. The van der Waals surface area contributed by atoms with Crippen molar-refractivity contribution in [3.05, 3.63) is 53.1 Å². The van der Waals surface area contributed by atoms with Gasteiger partial charge in [0.2, 0.25) is 0 Å². The van der Waals surface area contributed by atoms with E-state index in [2.05, 4.69) is 48.5 Å². The van der Waals surface area contributed by atoms with E-state index < -0.39 is 0 Å². The maximum atomic E-state index is 9.64. The van der Waals surface area contributed by atoms with Crippen molar-refractivity contribution < 1.29 is 4.74 Å². The number of fused-ring (bicyclic) bond motifs is 1. The van der Waals surface area contributed by atoms with Crippen LogP contribution in [0.15, 0.2) is 47.5 Å². The van der Waals surface area contributed by atoms with E-state index in [-0.39, 0.29) is 0 Å². The van der Waals surface area contributed by atoms with E-state index in [0.29, 0.717) is 17.4 Å². The fraction of sp³-hybridized carbons (Fsp3) is 0.517. The predicted octanol–water partition coefficient (Wildman–Crippen LogP) is 4.84. The Morgan fingerprint density at radius 3 is 1.84 bits per heavy atom. The van der Waals surface area contributed by atoms with E-state index in [1.807, 2.05) is 0 Å². The van der Waals surface area contributed by atoms with Crippen LogP contribution < -0.4 is 4.74 Å². The monoisotopic (exact) mass is 416 g/mol. The van der Waals surface area contributed by atoms with Crippen molar-refractivity contribution in [1.29, 1.82) is 10.5 Å². The van der Waals surface area contributed by atoms with Crippen LogP contribution in [0, 0.1) is 99.6 Å². The first kappa shape index (κ1) is 16.8. The third-order valence-corrected chi connectivity index (χ3v) is 11.9. The molecule has 8 fully saturated rings. The van der Waals surface area contributed by atoms with Crippen LogP contribution in [0.4, 0.5) is 0 Å². The number of benzene rings is 2. The Hall–Kier alpha value is -2.78. The molecule has 0 amide bonds. The van der Waals surface area contributed by atoms with Gasteiger partial charge in [-0.25, -0.2) is 0 Å². The van der Waals surface area contributed by atoms with Crippen molar-refractivity contribution in [3.8, 4) is 17.9 Å². The molecule has 3 heteroatoms. The second-order valence-electron chi connectivity index (χ2n) is 11.7. The first-order valence-corrected chi connectivity index (χ1v) is 12.4. The van der Waals surface area contributed by atoms with Crippen molar-refractivity contribution in [3.63, 3.8) is 0 Å². The van der Waals surface area contributed by atoms with Crippen molar-refractivity contribution >= 4 is 10.8 Å². The van der Waals surface area contributed by atoms with Crippen LogP contribution in [0.2, 0.25) is 0 Å². The zero-order valence-corrected chi connectivity index (χ0v) is 18.0. The lowest BCUT2D eigenvalue weighted by Gasteiger charge is -2.24. The lowest BCUT2D eigenvalue weighted by molar-refractivity contribution is 0.220. The zero-order chi connectivity index (χ0) is 21.0. The Kier molecular flexibility index (Phi) is 2.66. The molecule has 3 nitrogen and oxygen atoms in total. The summed E-state index contributed by atoms with van der Waals surface area (Å²) in [7, 11) is 1.77. The van der Waals surface area contributed by atoms with Gasteiger partial charge in [0.15, 0.2) is 0 Å². The van der Waals surface area contributed by atoms with Gasteiger partial charge < -0.3 is 4.74 Å². The largest absolute Gasteiger partial charge is 0.496 e. The molecule has 8 saturated carbocycles. The Balaban J connectivity index is 1.14. The molecule has 32 heavy (non-hydrogen) atoms. The first-order chi connectivity index (χ1) is 15.8. The van der Waals surface area contributed by atoms with Crippen LogP contribution >= 0.6 is 0 Å². The Labute approximate surface area is 187 Å². The fourth-order valence-corrected chi connectivity index (χ4v) is 12.2. The first-order valence-electron chi connectivity index (χ1n) is 12.4. The number of nitrogens with zero attached hydrogens (tertiary/aromatic N) is 2. The van der Waals surface area contributed by atoms with E-state index in [0.717, 1.165) is 70.8 Å². The highest BCUT2D eigenvalue weighted by Crippen LogP contribution is 2.95. The van der Waals surface area contributed by atoms with Crippen LogP contribution in [0.5, 0.6) is 5.75 Å². The van der Waals surface area contributed by atoms with Gasteiger partial charge in [0.1, 0.15) is 23.5 Å². The summed E-state index contributed by atoms with van der Waals surface area (Å²) in [5.74, 6) is 11.6. The van der Waals surface area contributed by atoms with Crippen LogP contribution in [0.3, 0.4) is 0 Å². The summed E-state index contributed by atoms with van der Waals surface area (Å²) in [4.78, 5) is 0. The van der Waals surface area contributed by atoms with E-state index in [9.17, 15) is 10.5 Å². The molecule has 0 aromatic heterocycles. The molecule has 0 radical (unpaired) electrons. The highest BCUT2D eigenvalue weighted by molar-refractivity contribution is 5.91. The van der Waals surface area contributed by atoms with Crippen molar-refractivity contribution in [1.82, 2.24) is 0 Å².